The number of rotatable bonds is 12. The third kappa shape index (κ3) is 9.27. The van der Waals surface area contributed by atoms with E-state index in [9.17, 15) is 0 Å². The van der Waals surface area contributed by atoms with E-state index >= 15 is 0 Å². The Balaban J connectivity index is 0.837. The standard InChI is InChI=1S/C70H48N4/c1-47(63-29-9-11-31-65(63)71-2)48-33-35-49(36-34-48)54-21-14-24-57(42-54)59-26-16-28-61(44-59)68-46-62(45-67(72-68)51-17-5-3-6-18-51)60-27-15-25-58(43-60)56-23-13-22-55(41-56)50-37-39-52(40-38-50)69-64-30-10-12-32-66(64)73-70(74-69)53-19-7-4-8-20-53/h3-46H,1-2H2. The summed E-state index contributed by atoms with van der Waals surface area (Å²) in [5, 5.41) is 1.03. The normalized spacial score (nSPS) is 11.1. The number of pyridine rings is 1. The Morgan fingerprint density at radius 2 is 0.743 bits per heavy atom. The summed E-state index contributed by atoms with van der Waals surface area (Å²) in [5.41, 5.74) is 22.9. The molecule has 0 amide bonds. The molecule has 0 bridgehead atoms. The van der Waals surface area contributed by atoms with Gasteiger partial charge < -0.3 is 0 Å². The monoisotopic (exact) mass is 944 g/mol. The third-order valence-electron chi connectivity index (χ3n) is 13.7. The van der Waals surface area contributed by atoms with Crippen molar-refractivity contribution in [3.63, 3.8) is 0 Å². The lowest BCUT2D eigenvalue weighted by molar-refractivity contribution is 1.23. The molecular formula is C70H48N4. The van der Waals surface area contributed by atoms with E-state index in [1.165, 1.54) is 0 Å². The van der Waals surface area contributed by atoms with Crippen molar-refractivity contribution in [3.05, 3.63) is 285 Å². The number of fused-ring (bicyclic) bond motifs is 1. The van der Waals surface area contributed by atoms with Crippen LogP contribution in [0.4, 0.5) is 5.69 Å². The highest BCUT2D eigenvalue weighted by Gasteiger charge is 2.15. The van der Waals surface area contributed by atoms with Crippen molar-refractivity contribution < 1.29 is 0 Å². The molecule has 0 saturated carbocycles. The van der Waals surface area contributed by atoms with Gasteiger partial charge in [0.25, 0.3) is 0 Å². The number of benzene rings is 10. The van der Waals surface area contributed by atoms with Crippen molar-refractivity contribution in [2.45, 2.75) is 0 Å². The van der Waals surface area contributed by atoms with Crippen LogP contribution in [-0.2, 0) is 0 Å². The van der Waals surface area contributed by atoms with E-state index in [1.807, 2.05) is 60.7 Å². The van der Waals surface area contributed by atoms with E-state index in [4.69, 9.17) is 15.0 Å². The summed E-state index contributed by atoms with van der Waals surface area (Å²) in [4.78, 5) is 19.5. The fraction of sp³-hybridized carbons (Fsp3) is 0. The Bertz CT molecular complexity index is 4030. The van der Waals surface area contributed by atoms with Gasteiger partial charge in [-0.2, -0.15) is 0 Å². The lowest BCUT2D eigenvalue weighted by Gasteiger charge is -2.13. The van der Waals surface area contributed by atoms with Gasteiger partial charge in [0.15, 0.2) is 5.82 Å². The Kier molecular flexibility index (Phi) is 12.3. The summed E-state index contributed by atoms with van der Waals surface area (Å²) >= 11 is 0. The minimum Gasteiger partial charge on any atom is -0.264 e. The lowest BCUT2D eigenvalue weighted by Crippen LogP contribution is -1.95. The number of aliphatic imine (C=N–C) groups is 1. The zero-order chi connectivity index (χ0) is 49.8. The molecule has 0 aliphatic rings. The van der Waals surface area contributed by atoms with E-state index in [-0.39, 0.29) is 0 Å². The smallest absolute Gasteiger partial charge is 0.160 e. The molecule has 2 aromatic heterocycles. The van der Waals surface area contributed by atoms with E-state index in [2.05, 4.69) is 225 Å². The van der Waals surface area contributed by atoms with Gasteiger partial charge in [0.05, 0.1) is 28.3 Å². The highest BCUT2D eigenvalue weighted by Crippen LogP contribution is 2.38. The van der Waals surface area contributed by atoms with Crippen molar-refractivity contribution in [1.29, 1.82) is 0 Å². The summed E-state index contributed by atoms with van der Waals surface area (Å²) in [6.45, 7) is 8.15. The topological polar surface area (TPSA) is 51.0 Å². The summed E-state index contributed by atoms with van der Waals surface area (Å²) in [6, 6.07) is 93.7. The number of hydrogen-bond acceptors (Lipinski definition) is 4. The van der Waals surface area contributed by atoms with Gasteiger partial charge in [0, 0.05) is 33.2 Å². The second kappa shape index (κ2) is 20.1. The number of hydrogen-bond donors (Lipinski definition) is 0. The van der Waals surface area contributed by atoms with Crippen LogP contribution in [0.15, 0.2) is 278 Å². The Hall–Kier alpha value is -9.90. The fourth-order valence-electron chi connectivity index (χ4n) is 9.81. The highest BCUT2D eigenvalue weighted by molar-refractivity contribution is 5.94. The van der Waals surface area contributed by atoms with Crippen molar-refractivity contribution in [1.82, 2.24) is 15.0 Å². The fourth-order valence-corrected chi connectivity index (χ4v) is 9.81. The van der Waals surface area contributed by atoms with Crippen LogP contribution in [0, 0.1) is 0 Å². The quantitative estimate of drug-likeness (QED) is 0.115. The van der Waals surface area contributed by atoms with Gasteiger partial charge in [-0.15, -0.1) is 0 Å². The molecule has 4 heteroatoms. The molecule has 0 saturated heterocycles. The van der Waals surface area contributed by atoms with Crippen LogP contribution in [0.2, 0.25) is 0 Å². The van der Waals surface area contributed by atoms with Gasteiger partial charge in [0.1, 0.15) is 0 Å². The maximum Gasteiger partial charge on any atom is 0.160 e. The van der Waals surface area contributed by atoms with Crippen molar-refractivity contribution in [3.8, 4) is 101 Å². The minimum absolute atomic E-state index is 0.719. The molecule has 0 aliphatic heterocycles. The molecule has 0 spiro atoms. The van der Waals surface area contributed by atoms with Crippen LogP contribution in [0.5, 0.6) is 0 Å². The molecule has 348 valence electrons. The van der Waals surface area contributed by atoms with E-state index < -0.39 is 0 Å². The summed E-state index contributed by atoms with van der Waals surface area (Å²) in [6.07, 6.45) is 0. The molecule has 74 heavy (non-hydrogen) atoms. The first-order valence-electron chi connectivity index (χ1n) is 24.8. The average Bonchev–Trinajstić information content (AvgIpc) is 3.49. The Morgan fingerprint density at radius 3 is 1.34 bits per heavy atom. The maximum atomic E-state index is 5.32. The lowest BCUT2D eigenvalue weighted by atomic mass is 9.93. The molecule has 10 aromatic carbocycles. The molecule has 0 unspecified atom stereocenters. The van der Waals surface area contributed by atoms with Gasteiger partial charge in [-0.3, -0.25) is 4.99 Å². The van der Waals surface area contributed by atoms with Gasteiger partial charge in [-0.1, -0.05) is 225 Å². The molecule has 0 radical (unpaired) electrons. The predicted molar refractivity (Wildman–Crippen MR) is 310 cm³/mol. The van der Waals surface area contributed by atoms with E-state index in [0.717, 1.165) is 134 Å². The largest absolute Gasteiger partial charge is 0.264 e. The molecule has 12 rings (SSSR count). The summed E-state index contributed by atoms with van der Waals surface area (Å²) < 4.78 is 0. The summed E-state index contributed by atoms with van der Waals surface area (Å²) in [7, 11) is 0. The van der Waals surface area contributed by atoms with Crippen molar-refractivity contribution in [2.24, 2.45) is 4.99 Å². The molecule has 0 N–H and O–H groups in total. The van der Waals surface area contributed by atoms with E-state index in [0.29, 0.717) is 0 Å². The van der Waals surface area contributed by atoms with Crippen molar-refractivity contribution >= 4 is 28.9 Å². The van der Waals surface area contributed by atoms with Crippen LogP contribution < -0.4 is 0 Å². The van der Waals surface area contributed by atoms with Gasteiger partial charge >= 0.3 is 0 Å². The van der Waals surface area contributed by atoms with Gasteiger partial charge in [-0.05, 0) is 122 Å². The second-order valence-corrected chi connectivity index (χ2v) is 18.4. The van der Waals surface area contributed by atoms with Crippen molar-refractivity contribution in [2.75, 3.05) is 0 Å². The van der Waals surface area contributed by atoms with Crippen LogP contribution in [0.1, 0.15) is 11.1 Å². The first kappa shape index (κ1) is 45.3. The van der Waals surface area contributed by atoms with Crippen LogP contribution in [0.25, 0.3) is 117 Å². The highest BCUT2D eigenvalue weighted by atomic mass is 14.9. The zero-order valence-corrected chi connectivity index (χ0v) is 40.6. The van der Waals surface area contributed by atoms with Crippen LogP contribution in [-0.4, -0.2) is 21.7 Å². The molecule has 0 aliphatic carbocycles. The second-order valence-electron chi connectivity index (χ2n) is 18.4. The van der Waals surface area contributed by atoms with Crippen LogP contribution in [0.3, 0.4) is 0 Å². The molecule has 0 fully saturated rings. The van der Waals surface area contributed by atoms with Gasteiger partial charge in [-0.25, -0.2) is 15.0 Å². The van der Waals surface area contributed by atoms with E-state index in [1.54, 1.807) is 0 Å². The molecular weight excluding hydrogens is 897 g/mol. The first-order valence-corrected chi connectivity index (χ1v) is 24.8. The number of nitrogens with zero attached hydrogens (tertiary/aromatic N) is 4. The van der Waals surface area contributed by atoms with Gasteiger partial charge in [0.2, 0.25) is 0 Å². The maximum absolute atomic E-state index is 5.32. The molecule has 12 aromatic rings. The molecule has 0 atom stereocenters. The third-order valence-corrected chi connectivity index (χ3v) is 13.7. The molecule has 2 heterocycles. The Labute approximate surface area is 432 Å². The Morgan fingerprint density at radius 1 is 0.311 bits per heavy atom. The molecule has 4 nitrogen and oxygen atoms in total. The first-order chi connectivity index (χ1) is 36.5. The van der Waals surface area contributed by atoms with Crippen LogP contribution >= 0.6 is 0 Å². The zero-order valence-electron chi connectivity index (χ0n) is 40.6. The summed E-state index contributed by atoms with van der Waals surface area (Å²) in [5.74, 6) is 0.719. The minimum atomic E-state index is 0.719. The predicted octanol–water partition coefficient (Wildman–Crippen LogP) is 18.4. The number of para-hydroxylation sites is 2. The SMILES string of the molecule is C=Nc1ccccc1C(=C)c1ccc(-c2cccc(-c3cccc(-c4cc(-c5cccc(-c6cccc(-c7ccc(-c8nc(-c9ccccc9)nc9ccccc89)cc7)c6)c5)cc(-c5ccccc5)n4)c3)c2)cc1. The average molecular weight is 945 g/mol. The number of aromatic nitrogens is 3.